The number of anilines is 1. The van der Waals surface area contributed by atoms with E-state index in [0.717, 1.165) is 17.8 Å². The fourth-order valence-electron chi connectivity index (χ4n) is 2.29. The minimum absolute atomic E-state index is 0.154. The Balaban J connectivity index is 1.54. The molecule has 8 nitrogen and oxygen atoms in total. The summed E-state index contributed by atoms with van der Waals surface area (Å²) < 4.78 is 5.15. The number of nitrogens with zero attached hydrogens (tertiary/aromatic N) is 3. The molecule has 3 rings (SSSR count). The highest BCUT2D eigenvalue weighted by molar-refractivity contribution is 7.13. The predicted molar refractivity (Wildman–Crippen MR) is 101 cm³/mol. The van der Waals surface area contributed by atoms with Gasteiger partial charge < -0.3 is 15.2 Å². The van der Waals surface area contributed by atoms with Crippen LogP contribution in [-0.2, 0) is 13.0 Å². The van der Waals surface area contributed by atoms with E-state index in [1.807, 2.05) is 18.2 Å². The summed E-state index contributed by atoms with van der Waals surface area (Å²) in [6, 6.07) is 10.7. The molecule has 2 heterocycles. The summed E-state index contributed by atoms with van der Waals surface area (Å²) in [6.45, 7) is 4.27. The van der Waals surface area contributed by atoms with Crippen LogP contribution in [0.3, 0.4) is 0 Å². The van der Waals surface area contributed by atoms with Crippen molar-refractivity contribution in [2.24, 2.45) is 5.92 Å². The molecule has 0 fully saturated rings. The van der Waals surface area contributed by atoms with Crippen molar-refractivity contribution in [2.75, 3.05) is 5.32 Å². The number of amides is 2. The monoisotopic (exact) mass is 385 g/mol. The van der Waals surface area contributed by atoms with Crippen LogP contribution >= 0.6 is 11.3 Å². The van der Waals surface area contributed by atoms with Crippen molar-refractivity contribution < 1.29 is 14.1 Å². The maximum Gasteiger partial charge on any atom is 0.286 e. The van der Waals surface area contributed by atoms with Crippen LogP contribution in [0.5, 0.6) is 0 Å². The molecule has 0 spiro atoms. The number of para-hydroxylation sites is 1. The lowest BCUT2D eigenvalue weighted by Gasteiger charge is -2.01. The molecular weight excluding hydrogens is 366 g/mol. The molecule has 2 aromatic heterocycles. The first-order chi connectivity index (χ1) is 13.0. The van der Waals surface area contributed by atoms with Gasteiger partial charge in [-0.1, -0.05) is 48.5 Å². The van der Waals surface area contributed by atoms with Crippen molar-refractivity contribution in [3.8, 4) is 0 Å². The van der Waals surface area contributed by atoms with Gasteiger partial charge in [0.15, 0.2) is 5.69 Å². The van der Waals surface area contributed by atoms with Crippen LogP contribution < -0.4 is 10.6 Å². The van der Waals surface area contributed by atoms with E-state index in [2.05, 4.69) is 39.8 Å². The van der Waals surface area contributed by atoms with E-state index in [1.165, 1.54) is 0 Å². The third kappa shape index (κ3) is 5.20. The molecule has 0 atom stereocenters. The van der Waals surface area contributed by atoms with Gasteiger partial charge in [-0.25, -0.2) is 0 Å². The SMILES string of the molecule is CC(C)Cc1cc(C(=O)NCc2nnc(C(=O)Nc3ccccc3)s2)no1. The fraction of sp³-hybridized carbons (Fsp3) is 0.278. The van der Waals surface area contributed by atoms with Crippen LogP contribution in [0.2, 0.25) is 0 Å². The largest absolute Gasteiger partial charge is 0.361 e. The molecule has 0 bridgehead atoms. The summed E-state index contributed by atoms with van der Waals surface area (Å²) >= 11 is 1.12. The van der Waals surface area contributed by atoms with E-state index in [9.17, 15) is 9.59 Å². The van der Waals surface area contributed by atoms with E-state index in [4.69, 9.17) is 4.52 Å². The smallest absolute Gasteiger partial charge is 0.286 e. The van der Waals surface area contributed by atoms with Gasteiger partial charge in [0.2, 0.25) is 5.01 Å². The number of hydrogen-bond acceptors (Lipinski definition) is 7. The van der Waals surface area contributed by atoms with Gasteiger partial charge in [-0.05, 0) is 18.1 Å². The van der Waals surface area contributed by atoms with E-state index >= 15 is 0 Å². The number of carbonyl (C=O) groups excluding carboxylic acids is 2. The minimum atomic E-state index is -0.362. The molecule has 1 aromatic carbocycles. The van der Waals surface area contributed by atoms with Crippen molar-refractivity contribution in [2.45, 2.75) is 26.8 Å². The summed E-state index contributed by atoms with van der Waals surface area (Å²) in [6.07, 6.45) is 0.719. The average Bonchev–Trinajstić information content (AvgIpc) is 3.29. The van der Waals surface area contributed by atoms with Crippen LogP contribution in [0.1, 0.15) is 44.9 Å². The van der Waals surface area contributed by atoms with E-state index in [1.54, 1.807) is 18.2 Å². The Morgan fingerprint density at radius 1 is 1.15 bits per heavy atom. The molecule has 3 aromatic rings. The summed E-state index contributed by atoms with van der Waals surface area (Å²) in [4.78, 5) is 24.3. The fourth-order valence-corrected chi connectivity index (χ4v) is 2.96. The quantitative estimate of drug-likeness (QED) is 0.647. The number of hydrogen-bond donors (Lipinski definition) is 2. The molecule has 0 unspecified atom stereocenters. The molecule has 0 aliphatic heterocycles. The third-order valence-electron chi connectivity index (χ3n) is 3.49. The highest BCUT2D eigenvalue weighted by Gasteiger charge is 2.16. The predicted octanol–water partition coefficient (Wildman–Crippen LogP) is 2.91. The van der Waals surface area contributed by atoms with Crippen LogP contribution in [0.25, 0.3) is 0 Å². The highest BCUT2D eigenvalue weighted by Crippen LogP contribution is 2.14. The Hall–Kier alpha value is -3.07. The molecule has 2 amide bonds. The lowest BCUT2D eigenvalue weighted by Crippen LogP contribution is -2.23. The second kappa shape index (κ2) is 8.54. The highest BCUT2D eigenvalue weighted by atomic mass is 32.1. The summed E-state index contributed by atoms with van der Waals surface area (Å²) in [7, 11) is 0. The molecule has 140 valence electrons. The van der Waals surface area contributed by atoms with Gasteiger partial charge >= 0.3 is 0 Å². The molecule has 2 N–H and O–H groups in total. The average molecular weight is 385 g/mol. The normalized spacial score (nSPS) is 10.8. The van der Waals surface area contributed by atoms with Gasteiger partial charge in [0.25, 0.3) is 11.8 Å². The molecular formula is C18H19N5O3S. The number of nitrogens with one attached hydrogen (secondary N) is 2. The topological polar surface area (TPSA) is 110 Å². The maximum atomic E-state index is 12.2. The standard InChI is InChI=1S/C18H19N5O3S/c1-11(2)8-13-9-14(23-26-13)16(24)19-10-15-21-22-18(27-15)17(25)20-12-6-4-3-5-7-12/h3-7,9,11H,8,10H2,1-2H3,(H,19,24)(H,20,25). The zero-order valence-corrected chi connectivity index (χ0v) is 15.7. The molecule has 0 aliphatic carbocycles. The summed E-state index contributed by atoms with van der Waals surface area (Å²) in [5, 5.41) is 17.8. The molecule has 27 heavy (non-hydrogen) atoms. The van der Waals surface area contributed by atoms with Crippen molar-refractivity contribution in [3.63, 3.8) is 0 Å². The van der Waals surface area contributed by atoms with Crippen molar-refractivity contribution in [1.29, 1.82) is 0 Å². The number of rotatable bonds is 7. The van der Waals surface area contributed by atoms with Gasteiger partial charge in [0.05, 0.1) is 6.54 Å². The Morgan fingerprint density at radius 2 is 1.93 bits per heavy atom. The second-order valence-corrected chi connectivity index (χ2v) is 7.34. The van der Waals surface area contributed by atoms with Gasteiger partial charge in [0, 0.05) is 18.2 Å². The second-order valence-electron chi connectivity index (χ2n) is 6.28. The van der Waals surface area contributed by atoms with Crippen molar-refractivity contribution in [1.82, 2.24) is 20.7 Å². The number of carbonyl (C=O) groups is 2. The first-order valence-corrected chi connectivity index (χ1v) is 9.25. The van der Waals surface area contributed by atoms with Crippen LogP contribution in [0, 0.1) is 5.92 Å². The third-order valence-corrected chi connectivity index (χ3v) is 4.42. The Morgan fingerprint density at radius 3 is 2.67 bits per heavy atom. The molecule has 9 heteroatoms. The number of benzene rings is 1. The van der Waals surface area contributed by atoms with E-state index < -0.39 is 0 Å². The Labute approximate surface area is 160 Å². The Kier molecular flexibility index (Phi) is 5.92. The molecule has 0 aliphatic rings. The minimum Gasteiger partial charge on any atom is -0.361 e. The summed E-state index contributed by atoms with van der Waals surface area (Å²) in [5.74, 6) is 0.381. The number of aromatic nitrogens is 3. The van der Waals surface area contributed by atoms with Gasteiger partial charge in [-0.3, -0.25) is 9.59 Å². The van der Waals surface area contributed by atoms with Crippen molar-refractivity contribution in [3.05, 3.63) is 57.9 Å². The van der Waals surface area contributed by atoms with Crippen LogP contribution in [0.15, 0.2) is 40.9 Å². The molecule has 0 radical (unpaired) electrons. The van der Waals surface area contributed by atoms with Crippen molar-refractivity contribution >= 4 is 28.8 Å². The molecule has 0 saturated heterocycles. The first-order valence-electron chi connectivity index (χ1n) is 8.44. The lowest BCUT2D eigenvalue weighted by atomic mass is 10.1. The zero-order valence-electron chi connectivity index (χ0n) is 14.9. The lowest BCUT2D eigenvalue weighted by molar-refractivity contribution is 0.0940. The van der Waals surface area contributed by atoms with Gasteiger partial charge in [-0.15, -0.1) is 10.2 Å². The van der Waals surface area contributed by atoms with E-state index in [-0.39, 0.29) is 29.1 Å². The van der Waals surface area contributed by atoms with Crippen LogP contribution in [0.4, 0.5) is 5.69 Å². The van der Waals surface area contributed by atoms with Gasteiger partial charge in [0.1, 0.15) is 10.8 Å². The van der Waals surface area contributed by atoms with Gasteiger partial charge in [-0.2, -0.15) is 0 Å². The first kappa shape index (κ1) is 18.7. The zero-order chi connectivity index (χ0) is 19.2. The molecule has 0 saturated carbocycles. The van der Waals surface area contributed by atoms with E-state index in [0.29, 0.717) is 22.4 Å². The van der Waals surface area contributed by atoms with Crippen LogP contribution in [-0.4, -0.2) is 27.2 Å². The Bertz CT molecular complexity index is 920. The summed E-state index contributed by atoms with van der Waals surface area (Å²) in [5.41, 5.74) is 0.896. The maximum absolute atomic E-state index is 12.2.